The van der Waals surface area contributed by atoms with Crippen LogP contribution in [0.3, 0.4) is 0 Å². The fourth-order valence-electron chi connectivity index (χ4n) is 9.85. The van der Waals surface area contributed by atoms with Gasteiger partial charge >= 0.3 is 0 Å². The Morgan fingerprint density at radius 1 is 0.409 bits per heavy atom. The van der Waals surface area contributed by atoms with E-state index in [0.29, 0.717) is 47.7 Å². The van der Waals surface area contributed by atoms with Gasteiger partial charge in [0, 0.05) is 54.6 Å². The first-order valence-corrected chi connectivity index (χ1v) is 30.2. The van der Waals surface area contributed by atoms with Crippen molar-refractivity contribution in [3.8, 4) is 45.3 Å². The van der Waals surface area contributed by atoms with Crippen LogP contribution in [0, 0.1) is 20.8 Å². The highest BCUT2D eigenvalue weighted by Crippen LogP contribution is 2.24. The number of Topliss-reactive ketones (excluding diaryl/α,β-unsaturated/α-hetero) is 1. The summed E-state index contributed by atoms with van der Waals surface area (Å²) in [6.45, 7) is 9.42. The summed E-state index contributed by atoms with van der Waals surface area (Å²) < 4.78 is 5.86. The quantitative estimate of drug-likeness (QED) is 0.0834. The lowest BCUT2D eigenvalue weighted by atomic mass is 10.0. The maximum absolute atomic E-state index is 13.5. The summed E-state index contributed by atoms with van der Waals surface area (Å²) in [6.07, 6.45) is 3.15. The molecule has 11 rings (SSSR count). The Labute approximate surface area is 523 Å². The van der Waals surface area contributed by atoms with Gasteiger partial charge in [-0.2, -0.15) is 0 Å². The van der Waals surface area contributed by atoms with Gasteiger partial charge in [-0.25, -0.2) is 15.0 Å². The van der Waals surface area contributed by atoms with Gasteiger partial charge in [-0.05, 0) is 97.1 Å². The Hall–Kier alpha value is -9.98. The highest BCUT2D eigenvalue weighted by atomic mass is 79.9. The number of benzene rings is 8. The SMILES string of the molecule is CC(=O)CC(=O)NCCc1ccccc1.Cc1cc(=O)n(CCc2ccccc2)c(-c2ccccc2)n1.Cc1nc(-c2ccccc2)n(CCc2ccccc2)c(=O)c1-c1ccccc1.Cc1nc(-c2ccccc2)n(CCc2ccccc2)c(=O)c1Br. The number of halogens is 1. The highest BCUT2D eigenvalue weighted by Gasteiger charge is 2.18. The predicted octanol–water partition coefficient (Wildman–Crippen LogP) is 14.1. The van der Waals surface area contributed by atoms with Crippen molar-refractivity contribution in [1.29, 1.82) is 0 Å². The number of carbonyl (C=O) groups is 2. The molecule has 1 N–H and O–H groups in total. The van der Waals surface area contributed by atoms with E-state index in [1.807, 2.05) is 232 Å². The number of amides is 1. The molecule has 3 aromatic heterocycles. The van der Waals surface area contributed by atoms with Crippen molar-refractivity contribution in [3.05, 3.63) is 324 Å². The van der Waals surface area contributed by atoms with E-state index in [2.05, 4.69) is 67.6 Å². The van der Waals surface area contributed by atoms with E-state index in [9.17, 15) is 24.0 Å². The molecule has 0 spiro atoms. The highest BCUT2D eigenvalue weighted by molar-refractivity contribution is 9.10. The smallest absolute Gasteiger partial charge is 0.268 e. The summed E-state index contributed by atoms with van der Waals surface area (Å²) >= 11 is 3.37. The van der Waals surface area contributed by atoms with Crippen LogP contribution in [0.5, 0.6) is 0 Å². The molecule has 13 heteroatoms. The molecule has 0 aliphatic carbocycles. The number of carbonyl (C=O) groups excluding carboxylic acids is 2. The van der Waals surface area contributed by atoms with Gasteiger partial charge in [0.1, 0.15) is 27.7 Å². The minimum Gasteiger partial charge on any atom is -0.355 e. The molecule has 0 aliphatic rings. The first kappa shape index (κ1) is 64.0. The summed E-state index contributed by atoms with van der Waals surface area (Å²) in [6, 6.07) is 81.5. The van der Waals surface area contributed by atoms with E-state index in [-0.39, 0.29) is 34.8 Å². The molecule has 11 aromatic rings. The van der Waals surface area contributed by atoms with Crippen LogP contribution >= 0.6 is 15.9 Å². The van der Waals surface area contributed by atoms with E-state index in [0.717, 1.165) is 71.0 Å². The van der Waals surface area contributed by atoms with E-state index in [1.54, 1.807) is 15.2 Å². The summed E-state index contributed by atoms with van der Waals surface area (Å²) in [5.74, 6) is 1.87. The molecule has 12 nitrogen and oxygen atoms in total. The molecule has 0 unspecified atom stereocenters. The molecule has 444 valence electrons. The van der Waals surface area contributed by atoms with Crippen LogP contribution in [0.15, 0.2) is 268 Å². The van der Waals surface area contributed by atoms with Crippen LogP contribution in [0.2, 0.25) is 0 Å². The Morgan fingerprint density at radius 2 is 0.739 bits per heavy atom. The molecule has 8 aromatic carbocycles. The van der Waals surface area contributed by atoms with Gasteiger partial charge in [0.25, 0.3) is 16.7 Å². The Morgan fingerprint density at radius 3 is 1.14 bits per heavy atom. The Kier molecular flexibility index (Phi) is 24.1. The van der Waals surface area contributed by atoms with Crippen LogP contribution in [0.25, 0.3) is 45.3 Å². The molecule has 0 saturated heterocycles. The summed E-state index contributed by atoms with van der Waals surface area (Å²) in [4.78, 5) is 74.4. The summed E-state index contributed by atoms with van der Waals surface area (Å²) in [7, 11) is 0. The summed E-state index contributed by atoms with van der Waals surface area (Å²) in [5.41, 5.74) is 11.5. The van der Waals surface area contributed by atoms with Gasteiger partial charge < -0.3 is 5.32 Å². The first-order valence-electron chi connectivity index (χ1n) is 29.4. The second kappa shape index (κ2) is 33.1. The van der Waals surface area contributed by atoms with Crippen molar-refractivity contribution in [2.75, 3.05) is 6.54 Å². The number of nitrogens with one attached hydrogen (secondary N) is 1. The van der Waals surface area contributed by atoms with Gasteiger partial charge in [0.05, 0.1) is 23.4 Å². The van der Waals surface area contributed by atoms with Crippen molar-refractivity contribution < 1.29 is 9.59 Å². The Bertz CT molecular complexity index is 4170. The van der Waals surface area contributed by atoms with Crippen molar-refractivity contribution in [1.82, 2.24) is 34.0 Å². The van der Waals surface area contributed by atoms with Crippen LogP contribution in [-0.4, -0.2) is 46.9 Å². The molecule has 0 radical (unpaired) electrons. The van der Waals surface area contributed by atoms with Gasteiger partial charge in [-0.3, -0.25) is 37.7 Å². The van der Waals surface area contributed by atoms with Crippen molar-refractivity contribution in [2.45, 2.75) is 79.4 Å². The van der Waals surface area contributed by atoms with Crippen molar-refractivity contribution in [2.24, 2.45) is 0 Å². The van der Waals surface area contributed by atoms with Crippen LogP contribution in [-0.2, 0) is 54.9 Å². The van der Waals surface area contributed by atoms with Gasteiger partial charge in [-0.1, -0.05) is 243 Å². The lowest BCUT2D eigenvalue weighted by Gasteiger charge is -2.16. The molecular formula is C75H72BrN7O5. The average Bonchev–Trinajstić information content (AvgIpc) is 3.55. The second-order valence-corrected chi connectivity index (χ2v) is 21.8. The molecule has 0 saturated carbocycles. The van der Waals surface area contributed by atoms with Crippen LogP contribution < -0.4 is 22.0 Å². The van der Waals surface area contributed by atoms with E-state index >= 15 is 0 Å². The lowest BCUT2D eigenvalue weighted by Crippen LogP contribution is -2.27. The largest absolute Gasteiger partial charge is 0.355 e. The minimum absolute atomic E-state index is 0.00211. The zero-order valence-electron chi connectivity index (χ0n) is 50.1. The third kappa shape index (κ3) is 18.8. The molecule has 0 fully saturated rings. The zero-order valence-corrected chi connectivity index (χ0v) is 51.7. The third-order valence-electron chi connectivity index (χ3n) is 14.3. The Balaban J connectivity index is 0.000000155. The molecule has 0 aliphatic heterocycles. The van der Waals surface area contributed by atoms with Crippen LogP contribution in [0.1, 0.15) is 52.7 Å². The molecule has 1 amide bonds. The lowest BCUT2D eigenvalue weighted by molar-refractivity contribution is -0.127. The fourth-order valence-corrected chi connectivity index (χ4v) is 10.1. The van der Waals surface area contributed by atoms with E-state index < -0.39 is 0 Å². The number of nitrogens with zero attached hydrogens (tertiary/aromatic N) is 6. The third-order valence-corrected chi connectivity index (χ3v) is 15.2. The average molecular weight is 1230 g/mol. The van der Waals surface area contributed by atoms with Crippen LogP contribution in [0.4, 0.5) is 0 Å². The van der Waals surface area contributed by atoms with Gasteiger partial charge in [0.2, 0.25) is 5.91 Å². The minimum atomic E-state index is -0.196. The molecule has 0 bridgehead atoms. The molecule has 0 atom stereocenters. The molecular weight excluding hydrogens is 1160 g/mol. The maximum atomic E-state index is 13.5. The number of hydrogen-bond donors (Lipinski definition) is 1. The van der Waals surface area contributed by atoms with Gasteiger partial charge in [-0.15, -0.1) is 0 Å². The zero-order chi connectivity index (χ0) is 62.0. The number of rotatable bonds is 18. The number of aryl methyl sites for hydroxylation is 6. The predicted molar refractivity (Wildman–Crippen MR) is 358 cm³/mol. The number of ketones is 1. The van der Waals surface area contributed by atoms with Crippen molar-refractivity contribution in [3.63, 3.8) is 0 Å². The standard InChI is InChI=1S/C25H22N2O.C19H17BrN2O.C19H18N2O.C12H15NO2/c1-19-23(21-13-7-3-8-14-21)25(28)27(18-17-20-11-5-2-6-12-20)24(26-19)22-15-9-4-10-16-22;1-14-17(20)19(23)22(13-12-15-8-4-2-5-9-15)18(21-14)16-10-6-3-7-11-16;1-15-14-18(22)21(13-12-16-8-4-2-5-9-16)19(20-15)17-10-6-3-7-11-17;1-10(14)9-12(15)13-8-7-11-5-3-2-4-6-11/h2-16H,17-18H2,1H3;2-11H,12-13H2,1H3;2-11,14H,12-13H2,1H3;2-6H,7-9H2,1H3,(H,13,15). The van der Waals surface area contributed by atoms with E-state index in [4.69, 9.17) is 4.98 Å². The molecule has 3 heterocycles. The second-order valence-electron chi connectivity index (χ2n) is 21.0. The normalized spacial score (nSPS) is 10.5. The van der Waals surface area contributed by atoms with Crippen molar-refractivity contribution >= 4 is 27.6 Å². The first-order chi connectivity index (χ1) is 42.8. The maximum Gasteiger partial charge on any atom is 0.268 e. The monoisotopic (exact) mass is 1230 g/mol. The number of hydrogen-bond acceptors (Lipinski definition) is 8. The van der Waals surface area contributed by atoms with Gasteiger partial charge in [0.15, 0.2) is 0 Å². The fraction of sp³-hybridized carbons (Fsp3) is 0.173. The summed E-state index contributed by atoms with van der Waals surface area (Å²) in [5, 5.41) is 2.70. The molecule has 88 heavy (non-hydrogen) atoms. The topological polar surface area (TPSA) is 151 Å². The van der Waals surface area contributed by atoms with E-state index in [1.165, 1.54) is 29.2 Å². The number of aromatic nitrogens is 6.